The van der Waals surface area contributed by atoms with Crippen LogP contribution in [0.25, 0.3) is 22.0 Å². The van der Waals surface area contributed by atoms with Crippen molar-refractivity contribution in [3.05, 3.63) is 64.2 Å². The van der Waals surface area contributed by atoms with E-state index >= 15 is 0 Å². The number of hydrogen-bond donors (Lipinski definition) is 1. The molecule has 13 heteroatoms. The van der Waals surface area contributed by atoms with Gasteiger partial charge in [-0.15, -0.1) is 0 Å². The van der Waals surface area contributed by atoms with E-state index in [1.807, 2.05) is 31.4 Å². The summed E-state index contributed by atoms with van der Waals surface area (Å²) in [5, 5.41) is 8.01. The lowest BCUT2D eigenvalue weighted by molar-refractivity contribution is -0.138. The Labute approximate surface area is 260 Å². The van der Waals surface area contributed by atoms with Crippen LogP contribution in [0, 0.1) is 18.2 Å². The molecule has 1 aromatic carbocycles. The molecule has 222 valence electrons. The fourth-order valence-electron chi connectivity index (χ4n) is 5.93. The summed E-state index contributed by atoms with van der Waals surface area (Å²) in [5.41, 5.74) is 2.93. The quantitative estimate of drug-likeness (QED) is 0.202. The number of carbonyl (C=O) groups excluding carboxylic acids is 3. The van der Waals surface area contributed by atoms with Crippen LogP contribution in [0.5, 0.6) is 0 Å². The summed E-state index contributed by atoms with van der Waals surface area (Å²) in [7, 11) is 0. The van der Waals surface area contributed by atoms with E-state index < -0.39 is 11.9 Å². The average Bonchev–Trinajstić information content (AvgIpc) is 3.33. The monoisotopic (exact) mass is 665 g/mol. The number of rotatable bonds is 8. The van der Waals surface area contributed by atoms with E-state index in [0.717, 1.165) is 17.5 Å². The second-order valence-electron chi connectivity index (χ2n) is 11.4. The minimum atomic E-state index is -0.716. The molecule has 1 N–H and O–H groups in total. The van der Waals surface area contributed by atoms with Crippen molar-refractivity contribution in [3.63, 3.8) is 0 Å². The van der Waals surface area contributed by atoms with Crippen molar-refractivity contribution in [2.24, 2.45) is 5.41 Å². The largest absolute Gasteiger partial charge is 0.325 e. The van der Waals surface area contributed by atoms with Gasteiger partial charge in [0.15, 0.2) is 11.6 Å². The van der Waals surface area contributed by atoms with Gasteiger partial charge in [-0.1, -0.05) is 13.0 Å². The van der Waals surface area contributed by atoms with Gasteiger partial charge in [-0.3, -0.25) is 19.1 Å². The van der Waals surface area contributed by atoms with E-state index in [9.17, 15) is 18.8 Å². The van der Waals surface area contributed by atoms with E-state index in [0.29, 0.717) is 34.5 Å². The Kier molecular flexibility index (Phi) is 7.57. The van der Waals surface area contributed by atoms with Crippen molar-refractivity contribution in [3.8, 4) is 11.1 Å². The predicted molar refractivity (Wildman–Crippen MR) is 165 cm³/mol. The van der Waals surface area contributed by atoms with Gasteiger partial charge in [0.05, 0.1) is 5.52 Å². The van der Waals surface area contributed by atoms with Gasteiger partial charge in [-0.25, -0.2) is 19.3 Å². The third kappa shape index (κ3) is 5.44. The first kappa shape index (κ1) is 29.4. The van der Waals surface area contributed by atoms with Crippen LogP contribution in [-0.2, 0) is 21.9 Å². The van der Waals surface area contributed by atoms with Crippen LogP contribution in [0.2, 0.25) is 0 Å². The third-order valence-corrected chi connectivity index (χ3v) is 9.42. The average molecular weight is 667 g/mol. The number of aromatic nitrogens is 5. The maximum atomic E-state index is 14.2. The second-order valence-corrected chi connectivity index (χ2v) is 13.0. The number of benzene rings is 1. The fourth-order valence-corrected chi connectivity index (χ4v) is 6.75. The van der Waals surface area contributed by atoms with Crippen molar-refractivity contribution in [1.82, 2.24) is 29.6 Å². The summed E-state index contributed by atoms with van der Waals surface area (Å²) in [5.74, 6) is 0.0246. The van der Waals surface area contributed by atoms with Crippen LogP contribution in [0.15, 0.2) is 41.3 Å². The summed E-state index contributed by atoms with van der Waals surface area (Å²) in [6, 6.07) is 6.14. The molecule has 0 unspecified atom stereocenters. The Morgan fingerprint density at radius 2 is 1.91 bits per heavy atom. The van der Waals surface area contributed by atoms with E-state index in [2.05, 4.69) is 48.2 Å². The van der Waals surface area contributed by atoms with E-state index in [1.54, 1.807) is 17.3 Å². The molecule has 4 aromatic rings. The third-order valence-electron chi connectivity index (χ3n) is 8.26. The molecule has 0 spiro atoms. The topological polar surface area (TPSA) is 123 Å². The number of fused-ring (bicyclic) bond motifs is 2. The lowest BCUT2D eigenvalue weighted by atomic mass is 10.0. The maximum absolute atomic E-state index is 14.2. The smallest absolute Gasteiger partial charge is 0.248 e. The van der Waals surface area contributed by atoms with Crippen molar-refractivity contribution >= 4 is 62.0 Å². The first-order valence-electron chi connectivity index (χ1n) is 13.8. The Balaban J connectivity index is 1.28. The number of nitrogens with one attached hydrogen (secondary N) is 1. The first-order chi connectivity index (χ1) is 20.5. The number of amides is 2. The number of aryl methyl sites for hydroxylation is 1. The van der Waals surface area contributed by atoms with Crippen LogP contribution >= 0.6 is 27.7 Å². The zero-order valence-corrected chi connectivity index (χ0v) is 26.4. The molecular weight excluding hydrogens is 637 g/mol. The molecule has 1 aliphatic heterocycles. The zero-order valence-electron chi connectivity index (χ0n) is 24.0. The molecule has 1 saturated heterocycles. The number of halogens is 2. The van der Waals surface area contributed by atoms with Gasteiger partial charge in [0, 0.05) is 47.6 Å². The molecule has 3 atom stereocenters. The fraction of sp³-hybridized carbons (Fsp3) is 0.367. The SMILES string of the molecule is CSCc1cc(F)c(Br)nc1NC(=O)[C@@H]1C[C@@]2(C)C[C@H]2N1C(=O)Cn1nc(C(C)=O)c2cc(-c3cnc(C)nc3)ccc21. The number of anilines is 1. The molecule has 4 heterocycles. The second kappa shape index (κ2) is 11.1. The molecule has 2 fully saturated rings. The molecule has 0 bridgehead atoms. The highest BCUT2D eigenvalue weighted by atomic mass is 79.9. The predicted octanol–water partition coefficient (Wildman–Crippen LogP) is 5.18. The Morgan fingerprint density at radius 3 is 2.60 bits per heavy atom. The van der Waals surface area contributed by atoms with Gasteiger partial charge in [-0.2, -0.15) is 16.9 Å². The summed E-state index contributed by atoms with van der Waals surface area (Å²) >= 11 is 4.59. The number of thioether (sulfide) groups is 1. The van der Waals surface area contributed by atoms with E-state index in [-0.39, 0.29) is 51.7 Å². The Bertz CT molecular complexity index is 1800. The van der Waals surface area contributed by atoms with Crippen LogP contribution in [0.4, 0.5) is 10.2 Å². The van der Waals surface area contributed by atoms with Gasteiger partial charge in [0.2, 0.25) is 11.8 Å². The number of pyridine rings is 1. The lowest BCUT2D eigenvalue weighted by Gasteiger charge is -2.27. The van der Waals surface area contributed by atoms with Crippen molar-refractivity contribution in [1.29, 1.82) is 0 Å². The molecule has 2 amide bonds. The lowest BCUT2D eigenvalue weighted by Crippen LogP contribution is -2.47. The molecule has 1 aliphatic carbocycles. The van der Waals surface area contributed by atoms with Gasteiger partial charge < -0.3 is 10.2 Å². The molecule has 10 nitrogen and oxygen atoms in total. The minimum Gasteiger partial charge on any atom is -0.325 e. The van der Waals surface area contributed by atoms with E-state index in [4.69, 9.17) is 0 Å². The van der Waals surface area contributed by atoms with Crippen LogP contribution < -0.4 is 5.32 Å². The van der Waals surface area contributed by atoms with Gasteiger partial charge >= 0.3 is 0 Å². The number of likely N-dealkylation sites (tertiary alicyclic amines) is 1. The Hall–Kier alpha value is -3.71. The van der Waals surface area contributed by atoms with Gasteiger partial charge in [-0.05, 0) is 71.1 Å². The normalized spacial score (nSPS) is 20.7. The van der Waals surface area contributed by atoms with Crippen LogP contribution in [0.1, 0.15) is 48.6 Å². The Morgan fingerprint density at radius 1 is 1.16 bits per heavy atom. The summed E-state index contributed by atoms with van der Waals surface area (Å²) in [6.45, 7) is 5.19. The summed E-state index contributed by atoms with van der Waals surface area (Å²) < 4.78 is 15.7. The molecule has 3 aromatic heterocycles. The standard InChI is InChI=1S/C30H29BrFN7O3S/c1-15(40)26-20-7-17(19-11-33-16(2)34-12-19)5-6-22(20)38(37-26)13-25(41)39-23(9-30(3)10-24(30)39)29(42)36-28-18(14-43-4)8-21(32)27(31)35-28/h5-8,11-12,23-24H,9-10,13-14H2,1-4H3,(H,35,36,42)/t23-,24+,30-/m0/s1. The highest BCUT2D eigenvalue weighted by molar-refractivity contribution is 9.10. The number of ketones is 1. The maximum Gasteiger partial charge on any atom is 0.248 e. The molecule has 43 heavy (non-hydrogen) atoms. The van der Waals surface area contributed by atoms with Crippen molar-refractivity contribution in [2.75, 3.05) is 11.6 Å². The van der Waals surface area contributed by atoms with E-state index in [1.165, 1.54) is 29.4 Å². The highest BCUT2D eigenvalue weighted by Crippen LogP contribution is 2.59. The molecule has 6 rings (SSSR count). The van der Waals surface area contributed by atoms with Crippen molar-refractivity contribution < 1.29 is 18.8 Å². The number of hydrogen-bond acceptors (Lipinski definition) is 8. The number of Topliss-reactive ketones (excluding diaryl/α,β-unsaturated/α-hetero) is 1. The molecular formula is C30H29BrFN7O3S. The molecule has 0 radical (unpaired) electrons. The number of carbonyl (C=O) groups is 3. The first-order valence-corrected chi connectivity index (χ1v) is 15.9. The van der Waals surface area contributed by atoms with Gasteiger partial charge in [0.1, 0.15) is 34.5 Å². The summed E-state index contributed by atoms with van der Waals surface area (Å²) in [6.07, 6.45) is 6.64. The number of piperidine rings is 1. The van der Waals surface area contributed by atoms with Crippen LogP contribution in [0.3, 0.4) is 0 Å². The number of nitrogens with zero attached hydrogens (tertiary/aromatic N) is 6. The summed E-state index contributed by atoms with van der Waals surface area (Å²) in [4.78, 5) is 54.4. The molecule has 1 saturated carbocycles. The minimum absolute atomic E-state index is 0.00622. The molecule has 2 aliphatic rings. The zero-order chi connectivity index (χ0) is 30.6. The van der Waals surface area contributed by atoms with Gasteiger partial charge in [0.25, 0.3) is 0 Å². The van der Waals surface area contributed by atoms with Crippen molar-refractivity contribution in [2.45, 2.75) is 58.0 Å². The highest BCUT2D eigenvalue weighted by Gasteiger charge is 2.64. The van der Waals surface area contributed by atoms with Crippen LogP contribution in [-0.4, -0.2) is 65.6 Å².